The van der Waals surface area contributed by atoms with Crippen LogP contribution in [0, 0.1) is 0 Å². The molecule has 0 spiro atoms. The molecular formula is C25H27N5O3. The van der Waals surface area contributed by atoms with E-state index in [0.29, 0.717) is 35.1 Å². The van der Waals surface area contributed by atoms with Gasteiger partial charge < -0.3 is 20.1 Å². The van der Waals surface area contributed by atoms with Gasteiger partial charge in [0.25, 0.3) is 5.91 Å². The van der Waals surface area contributed by atoms with Gasteiger partial charge in [-0.25, -0.2) is 4.79 Å². The van der Waals surface area contributed by atoms with Crippen molar-refractivity contribution in [2.45, 2.75) is 26.2 Å². The van der Waals surface area contributed by atoms with Crippen LogP contribution in [-0.2, 0) is 10.2 Å². The summed E-state index contributed by atoms with van der Waals surface area (Å²) in [5.74, 6) is 0.866. The highest BCUT2D eigenvalue weighted by Gasteiger charge is 2.21. The van der Waals surface area contributed by atoms with Gasteiger partial charge in [-0.05, 0) is 42.0 Å². The van der Waals surface area contributed by atoms with Gasteiger partial charge in [0.05, 0.1) is 0 Å². The van der Waals surface area contributed by atoms with E-state index in [-0.39, 0.29) is 11.3 Å². The Labute approximate surface area is 192 Å². The number of rotatable bonds is 4. The Kier molecular flexibility index (Phi) is 5.91. The molecule has 0 unspecified atom stereocenters. The molecule has 1 aromatic heterocycles. The molecule has 0 atom stereocenters. The summed E-state index contributed by atoms with van der Waals surface area (Å²) in [7, 11) is 1.97. The van der Waals surface area contributed by atoms with E-state index in [1.54, 1.807) is 30.3 Å². The second-order valence-electron chi connectivity index (χ2n) is 9.02. The van der Waals surface area contributed by atoms with Gasteiger partial charge in [0, 0.05) is 47.7 Å². The molecule has 8 nitrogen and oxygen atoms in total. The predicted octanol–water partition coefficient (Wildman–Crippen LogP) is 5.09. The normalized spacial score (nSPS) is 13.1. The Bertz CT molecular complexity index is 1210. The lowest BCUT2D eigenvalue weighted by Crippen LogP contribution is -2.29. The number of anilines is 4. The summed E-state index contributed by atoms with van der Waals surface area (Å²) in [4.78, 5) is 27.1. The highest BCUT2D eigenvalue weighted by molar-refractivity contribution is 6.08. The van der Waals surface area contributed by atoms with Crippen LogP contribution in [0.5, 0.6) is 0 Å². The molecular weight excluding hydrogens is 418 g/mol. The third kappa shape index (κ3) is 5.23. The summed E-state index contributed by atoms with van der Waals surface area (Å²) in [6, 6.07) is 16.1. The quantitative estimate of drug-likeness (QED) is 0.520. The molecule has 1 aliphatic rings. The van der Waals surface area contributed by atoms with Crippen molar-refractivity contribution in [3.63, 3.8) is 0 Å². The van der Waals surface area contributed by atoms with Crippen molar-refractivity contribution in [2.24, 2.45) is 0 Å². The van der Waals surface area contributed by atoms with Crippen molar-refractivity contribution >= 4 is 40.9 Å². The highest BCUT2D eigenvalue weighted by Crippen LogP contribution is 2.28. The Morgan fingerprint density at radius 2 is 1.64 bits per heavy atom. The molecule has 2 aromatic carbocycles. The van der Waals surface area contributed by atoms with E-state index in [1.807, 2.05) is 58.2 Å². The first-order chi connectivity index (χ1) is 15.7. The second-order valence-corrected chi connectivity index (χ2v) is 9.02. The van der Waals surface area contributed by atoms with Crippen molar-refractivity contribution in [1.82, 2.24) is 5.16 Å². The minimum atomic E-state index is -0.436. The molecule has 0 radical (unpaired) electrons. The van der Waals surface area contributed by atoms with Gasteiger partial charge in [-0.3, -0.25) is 10.1 Å². The van der Waals surface area contributed by atoms with Crippen LogP contribution in [0.15, 0.2) is 64.7 Å². The first kappa shape index (κ1) is 22.1. The number of para-hydroxylation sites is 1. The largest absolute Gasteiger partial charge is 0.370 e. The number of nitrogens with one attached hydrogen (secondary N) is 3. The Balaban J connectivity index is 1.35. The number of aromatic nitrogens is 1. The zero-order valence-electron chi connectivity index (χ0n) is 19.1. The second kappa shape index (κ2) is 8.82. The fourth-order valence-electron chi connectivity index (χ4n) is 3.48. The summed E-state index contributed by atoms with van der Waals surface area (Å²) in [5.41, 5.74) is 3.82. The zero-order chi connectivity index (χ0) is 23.6. The Morgan fingerprint density at radius 1 is 0.970 bits per heavy atom. The van der Waals surface area contributed by atoms with Gasteiger partial charge >= 0.3 is 6.03 Å². The molecule has 3 amide bonds. The van der Waals surface area contributed by atoms with Crippen LogP contribution in [0.1, 0.15) is 32.1 Å². The molecule has 3 N–H and O–H groups in total. The van der Waals surface area contributed by atoms with E-state index in [4.69, 9.17) is 4.52 Å². The summed E-state index contributed by atoms with van der Waals surface area (Å²) in [6.07, 6.45) is 1.92. The lowest BCUT2D eigenvalue weighted by molar-refractivity contribution is -0.112. The fourth-order valence-corrected chi connectivity index (χ4v) is 3.48. The van der Waals surface area contributed by atoms with E-state index in [2.05, 4.69) is 26.0 Å². The molecule has 0 fully saturated rings. The maximum absolute atomic E-state index is 12.8. The van der Waals surface area contributed by atoms with Crippen LogP contribution in [0.4, 0.5) is 27.7 Å². The molecule has 0 aliphatic carbocycles. The lowest BCUT2D eigenvalue weighted by Gasteiger charge is -2.27. The number of hydrogen-bond acceptors (Lipinski definition) is 5. The third-order valence-electron chi connectivity index (χ3n) is 5.27. The van der Waals surface area contributed by atoms with Crippen molar-refractivity contribution in [3.05, 3.63) is 71.5 Å². The Hall–Kier alpha value is -4.07. The number of hydrogen-bond donors (Lipinski definition) is 3. The lowest BCUT2D eigenvalue weighted by atomic mass is 9.93. The van der Waals surface area contributed by atoms with Crippen LogP contribution in [0.25, 0.3) is 6.08 Å². The van der Waals surface area contributed by atoms with Gasteiger partial charge in [-0.1, -0.05) is 44.1 Å². The summed E-state index contributed by atoms with van der Waals surface area (Å²) >= 11 is 0. The number of benzene rings is 2. The average Bonchev–Trinajstić information content (AvgIpc) is 3.24. The molecule has 1 aliphatic heterocycles. The van der Waals surface area contributed by atoms with Crippen LogP contribution < -0.4 is 20.9 Å². The van der Waals surface area contributed by atoms with Crippen molar-refractivity contribution in [2.75, 3.05) is 34.4 Å². The van der Waals surface area contributed by atoms with Gasteiger partial charge in [-0.15, -0.1) is 0 Å². The summed E-state index contributed by atoms with van der Waals surface area (Å²) in [6.45, 7) is 6.53. The van der Waals surface area contributed by atoms with E-state index in [9.17, 15) is 9.59 Å². The first-order valence-electron chi connectivity index (χ1n) is 10.7. The summed E-state index contributed by atoms with van der Waals surface area (Å²) in [5, 5.41) is 12.2. The zero-order valence-corrected chi connectivity index (χ0v) is 19.1. The molecule has 0 bridgehead atoms. The fraction of sp³-hybridized carbons (Fsp3) is 0.240. The van der Waals surface area contributed by atoms with Crippen LogP contribution in [-0.4, -0.2) is 30.7 Å². The number of urea groups is 1. The van der Waals surface area contributed by atoms with E-state index >= 15 is 0 Å². The van der Waals surface area contributed by atoms with Crippen LogP contribution in [0.2, 0.25) is 0 Å². The summed E-state index contributed by atoms with van der Waals surface area (Å²) < 4.78 is 5.27. The molecule has 8 heteroatoms. The van der Waals surface area contributed by atoms with Gasteiger partial charge in [0.2, 0.25) is 0 Å². The monoisotopic (exact) mass is 445 g/mol. The molecule has 170 valence electrons. The minimum Gasteiger partial charge on any atom is -0.370 e. The first-order valence-corrected chi connectivity index (χ1v) is 10.7. The molecule has 4 rings (SSSR count). The Morgan fingerprint density at radius 3 is 2.30 bits per heavy atom. The average molecular weight is 446 g/mol. The van der Waals surface area contributed by atoms with Gasteiger partial charge in [-0.2, -0.15) is 0 Å². The van der Waals surface area contributed by atoms with Crippen molar-refractivity contribution in [3.8, 4) is 0 Å². The standard InChI is InChI=1S/C25H27N5O3/c1-25(2,3)21-14-22(29-33-21)28-24(32)27-19-11-9-18(10-12-19)26-23(31)17-13-16-7-5-6-8-20(16)30(4)15-17/h5-14H,15H2,1-4H3,(H,26,31)(H2,27,28,29,32). The molecule has 0 saturated carbocycles. The van der Waals surface area contributed by atoms with Crippen LogP contribution in [0.3, 0.4) is 0 Å². The number of amides is 3. The van der Waals surface area contributed by atoms with Crippen molar-refractivity contribution < 1.29 is 14.1 Å². The predicted molar refractivity (Wildman–Crippen MR) is 131 cm³/mol. The molecule has 3 aromatic rings. The molecule has 0 saturated heterocycles. The number of fused-ring (bicyclic) bond motifs is 1. The smallest absolute Gasteiger partial charge is 0.324 e. The van der Waals surface area contributed by atoms with Crippen molar-refractivity contribution in [1.29, 1.82) is 0 Å². The number of likely N-dealkylation sites (N-methyl/N-ethyl adjacent to an activating group) is 1. The van der Waals surface area contributed by atoms with Crippen LogP contribution >= 0.6 is 0 Å². The third-order valence-corrected chi connectivity index (χ3v) is 5.27. The topological polar surface area (TPSA) is 99.5 Å². The van der Waals surface area contributed by atoms with Gasteiger partial charge in [0.15, 0.2) is 5.82 Å². The number of carbonyl (C=O) groups is 2. The molecule has 2 heterocycles. The molecule has 33 heavy (non-hydrogen) atoms. The maximum atomic E-state index is 12.8. The number of carbonyl (C=O) groups excluding carboxylic acids is 2. The minimum absolute atomic E-state index is 0.157. The van der Waals surface area contributed by atoms with Gasteiger partial charge in [0.1, 0.15) is 5.76 Å². The number of nitrogens with zero attached hydrogens (tertiary/aromatic N) is 2. The van der Waals surface area contributed by atoms with E-state index in [1.165, 1.54) is 0 Å². The highest BCUT2D eigenvalue weighted by atomic mass is 16.5. The maximum Gasteiger partial charge on any atom is 0.324 e. The van der Waals surface area contributed by atoms with E-state index in [0.717, 1.165) is 11.3 Å². The SMILES string of the molecule is CN1CC(C(=O)Nc2ccc(NC(=O)Nc3cc(C(C)(C)C)on3)cc2)=Cc2ccccc21. The van der Waals surface area contributed by atoms with E-state index < -0.39 is 6.03 Å².